The van der Waals surface area contributed by atoms with E-state index in [0.717, 1.165) is 0 Å². The molecule has 1 fully saturated rings. The Balaban J connectivity index is 2.26. The standard InChI is InChI=1S/C7H12/c1-6-3-4-7(2)5-6/h3-5H2,1-2H3. The molecule has 1 saturated carbocycles. The van der Waals surface area contributed by atoms with Gasteiger partial charge in [0.1, 0.15) is 0 Å². The van der Waals surface area contributed by atoms with Crippen molar-refractivity contribution in [2.24, 2.45) is 0 Å². The number of rotatable bonds is 0. The lowest BCUT2D eigenvalue weighted by Crippen LogP contribution is -1.80. The third-order valence-electron chi connectivity index (χ3n) is 1.58. The van der Waals surface area contributed by atoms with Crippen LogP contribution < -0.4 is 0 Å². The maximum Gasteiger partial charge on any atom is -0.0266 e. The van der Waals surface area contributed by atoms with Crippen LogP contribution in [0.1, 0.15) is 33.1 Å². The van der Waals surface area contributed by atoms with Gasteiger partial charge in [-0.2, -0.15) is 0 Å². The molecule has 1 rings (SSSR count). The first kappa shape index (κ1) is 5.14. The van der Waals surface area contributed by atoms with E-state index in [1.807, 2.05) is 0 Å². The van der Waals surface area contributed by atoms with E-state index in [-0.39, 0.29) is 0 Å². The quantitative estimate of drug-likeness (QED) is 0.434. The minimum atomic E-state index is 1.31. The van der Waals surface area contributed by atoms with Crippen molar-refractivity contribution in [1.29, 1.82) is 0 Å². The molecule has 40 valence electrons. The summed E-state index contributed by atoms with van der Waals surface area (Å²) >= 11 is 0. The van der Waals surface area contributed by atoms with Gasteiger partial charge in [-0.05, 0) is 31.1 Å². The van der Waals surface area contributed by atoms with Gasteiger partial charge in [0.05, 0.1) is 0 Å². The second kappa shape index (κ2) is 1.85. The predicted octanol–water partition coefficient (Wildman–Crippen LogP) is 2.36. The minimum absolute atomic E-state index is 1.31. The molecule has 0 nitrogen and oxygen atoms in total. The molecule has 0 spiro atoms. The fourth-order valence-electron chi connectivity index (χ4n) is 1.12. The first-order valence-corrected chi connectivity index (χ1v) is 2.91. The van der Waals surface area contributed by atoms with E-state index in [1.165, 1.54) is 19.3 Å². The molecular weight excluding hydrogens is 84.1 g/mol. The van der Waals surface area contributed by atoms with E-state index in [2.05, 4.69) is 13.8 Å². The summed E-state index contributed by atoms with van der Waals surface area (Å²) in [5, 5.41) is 0. The highest BCUT2D eigenvalue weighted by Gasteiger charge is 2.16. The van der Waals surface area contributed by atoms with Crippen molar-refractivity contribution in [1.82, 2.24) is 0 Å². The van der Waals surface area contributed by atoms with Crippen molar-refractivity contribution in [3.05, 3.63) is 11.8 Å². The van der Waals surface area contributed by atoms with Crippen LogP contribution in [0.15, 0.2) is 0 Å². The van der Waals surface area contributed by atoms with Gasteiger partial charge in [0, 0.05) is 0 Å². The Bertz CT molecular complexity index is 49.1. The van der Waals surface area contributed by atoms with Crippen LogP contribution >= 0.6 is 0 Å². The van der Waals surface area contributed by atoms with E-state index >= 15 is 0 Å². The summed E-state index contributed by atoms with van der Waals surface area (Å²) in [5.74, 6) is 3.33. The van der Waals surface area contributed by atoms with Crippen LogP contribution in [0, 0.1) is 11.8 Å². The molecule has 1 aliphatic carbocycles. The fourth-order valence-corrected chi connectivity index (χ4v) is 1.12. The van der Waals surface area contributed by atoms with Crippen LogP contribution in [0.5, 0.6) is 0 Å². The molecule has 7 heavy (non-hydrogen) atoms. The summed E-state index contributed by atoms with van der Waals surface area (Å²) < 4.78 is 0. The minimum Gasteiger partial charge on any atom is -0.0591 e. The zero-order chi connectivity index (χ0) is 5.28. The predicted molar refractivity (Wildman–Crippen MR) is 31.7 cm³/mol. The topological polar surface area (TPSA) is 0 Å². The molecule has 1 aliphatic rings. The van der Waals surface area contributed by atoms with Gasteiger partial charge in [-0.3, -0.25) is 0 Å². The van der Waals surface area contributed by atoms with Crippen LogP contribution in [0.3, 0.4) is 0 Å². The summed E-state index contributed by atoms with van der Waals surface area (Å²) in [6.45, 7) is 4.49. The van der Waals surface area contributed by atoms with Crippen LogP contribution in [0.4, 0.5) is 0 Å². The molecular formula is C7H12. The Kier molecular flexibility index (Phi) is 1.36. The maximum absolute atomic E-state index is 2.25. The molecule has 0 unspecified atom stereocenters. The van der Waals surface area contributed by atoms with Gasteiger partial charge in [0.15, 0.2) is 0 Å². The van der Waals surface area contributed by atoms with Gasteiger partial charge in [-0.25, -0.2) is 0 Å². The second-order valence-electron chi connectivity index (χ2n) is 2.59. The molecule has 0 aromatic rings. The van der Waals surface area contributed by atoms with Gasteiger partial charge in [0.2, 0.25) is 0 Å². The SMILES string of the molecule is C[C]1CC[C](C)C1. The lowest BCUT2D eigenvalue weighted by atomic mass is 10.1. The Labute approximate surface area is 45.9 Å². The van der Waals surface area contributed by atoms with Gasteiger partial charge >= 0.3 is 0 Å². The van der Waals surface area contributed by atoms with Crippen molar-refractivity contribution < 1.29 is 0 Å². The molecule has 0 atom stereocenters. The summed E-state index contributed by atoms with van der Waals surface area (Å²) in [4.78, 5) is 0. The van der Waals surface area contributed by atoms with Crippen LogP contribution in [0.2, 0.25) is 0 Å². The van der Waals surface area contributed by atoms with Crippen LogP contribution in [-0.4, -0.2) is 0 Å². The fraction of sp³-hybridized carbons (Fsp3) is 0.714. The van der Waals surface area contributed by atoms with Crippen LogP contribution in [-0.2, 0) is 0 Å². The van der Waals surface area contributed by atoms with E-state index in [9.17, 15) is 0 Å². The average molecular weight is 96.2 g/mol. The highest BCUT2D eigenvalue weighted by atomic mass is 14.2. The summed E-state index contributed by atoms with van der Waals surface area (Å²) in [6, 6.07) is 0. The summed E-state index contributed by atoms with van der Waals surface area (Å²) in [7, 11) is 0. The van der Waals surface area contributed by atoms with E-state index in [1.54, 1.807) is 11.8 Å². The third-order valence-corrected chi connectivity index (χ3v) is 1.58. The van der Waals surface area contributed by atoms with Gasteiger partial charge in [-0.1, -0.05) is 13.8 Å². The van der Waals surface area contributed by atoms with Crippen molar-refractivity contribution in [3.63, 3.8) is 0 Å². The van der Waals surface area contributed by atoms with E-state index in [4.69, 9.17) is 0 Å². The molecule has 0 bridgehead atoms. The highest BCUT2D eigenvalue weighted by molar-refractivity contribution is 5.06. The molecule has 2 radical (unpaired) electrons. The number of hydrogen-bond donors (Lipinski definition) is 0. The Morgan fingerprint density at radius 3 is 1.57 bits per heavy atom. The highest BCUT2D eigenvalue weighted by Crippen LogP contribution is 2.32. The zero-order valence-corrected chi connectivity index (χ0v) is 5.12. The first-order valence-electron chi connectivity index (χ1n) is 2.91. The van der Waals surface area contributed by atoms with Crippen LogP contribution in [0.25, 0.3) is 0 Å². The van der Waals surface area contributed by atoms with E-state index in [0.29, 0.717) is 0 Å². The molecule has 0 heterocycles. The van der Waals surface area contributed by atoms with E-state index < -0.39 is 0 Å². The number of hydrogen-bond acceptors (Lipinski definition) is 0. The summed E-state index contributed by atoms with van der Waals surface area (Å²) in [6.07, 6.45) is 4.01. The Hall–Kier alpha value is 0. The Morgan fingerprint density at radius 1 is 1.00 bits per heavy atom. The van der Waals surface area contributed by atoms with Crippen molar-refractivity contribution in [2.75, 3.05) is 0 Å². The molecule has 0 aromatic heterocycles. The molecule has 0 amide bonds. The molecule has 0 N–H and O–H groups in total. The smallest absolute Gasteiger partial charge is 0.0266 e. The van der Waals surface area contributed by atoms with Crippen molar-refractivity contribution in [3.8, 4) is 0 Å². The normalized spacial score (nSPS) is 26.6. The van der Waals surface area contributed by atoms with Gasteiger partial charge in [-0.15, -0.1) is 0 Å². The van der Waals surface area contributed by atoms with Gasteiger partial charge < -0.3 is 0 Å². The molecule has 0 aliphatic heterocycles. The maximum atomic E-state index is 2.25. The molecule has 0 saturated heterocycles. The van der Waals surface area contributed by atoms with Gasteiger partial charge in [0.25, 0.3) is 0 Å². The lowest BCUT2D eigenvalue weighted by Gasteiger charge is -1.95. The average Bonchev–Trinajstić information content (AvgIpc) is 1.87. The third kappa shape index (κ3) is 1.19. The molecule has 0 aromatic carbocycles. The zero-order valence-electron chi connectivity index (χ0n) is 5.12. The Morgan fingerprint density at radius 2 is 1.43 bits per heavy atom. The summed E-state index contributed by atoms with van der Waals surface area (Å²) in [5.41, 5.74) is 0. The molecule has 0 heteroatoms. The van der Waals surface area contributed by atoms with Crippen molar-refractivity contribution in [2.45, 2.75) is 33.1 Å². The monoisotopic (exact) mass is 96.1 g/mol. The first-order chi connectivity index (χ1) is 3.29. The second-order valence-corrected chi connectivity index (χ2v) is 2.59. The largest absolute Gasteiger partial charge is 0.0591 e. The lowest BCUT2D eigenvalue weighted by molar-refractivity contribution is 0.915. The van der Waals surface area contributed by atoms with Crippen molar-refractivity contribution >= 4 is 0 Å².